The van der Waals surface area contributed by atoms with Gasteiger partial charge in [-0.1, -0.05) is 26.7 Å². The van der Waals surface area contributed by atoms with E-state index < -0.39 is 5.97 Å². The normalized spacial score (nSPS) is 11.8. The van der Waals surface area contributed by atoms with Crippen molar-refractivity contribution in [2.75, 3.05) is 0 Å². The Kier molecular flexibility index (Phi) is 9.92. The summed E-state index contributed by atoms with van der Waals surface area (Å²) in [7, 11) is 0. The molecule has 0 radical (unpaired) electrons. The molecule has 0 aromatic rings. The second-order valence-electron chi connectivity index (χ2n) is 2.36. The number of hydrogen-bond acceptors (Lipinski definition) is 2. The van der Waals surface area contributed by atoms with Crippen molar-refractivity contribution in [3.63, 3.8) is 0 Å². The molecule has 0 aliphatic heterocycles. The molecule has 0 bridgehead atoms. The zero-order chi connectivity index (χ0) is 7.28. The number of carbonyl (C=O) groups is 1. The molecule has 0 rings (SSSR count). The molecule has 0 unspecified atom stereocenters. The summed E-state index contributed by atoms with van der Waals surface area (Å²) in [5.74, 6) is -1.20. The van der Waals surface area contributed by atoms with E-state index in [-0.39, 0.29) is 35.5 Å². The molecule has 54 valence electrons. The van der Waals surface area contributed by atoms with E-state index in [0.717, 1.165) is 19.3 Å². The minimum Gasteiger partial charge on any atom is -0.550 e. The van der Waals surface area contributed by atoms with Crippen LogP contribution in [0.15, 0.2) is 0 Å². The second kappa shape index (κ2) is 7.58. The quantitative estimate of drug-likeness (QED) is 0.420. The molecule has 0 amide bonds. The maximum Gasteiger partial charge on any atom is 1.00 e. The van der Waals surface area contributed by atoms with E-state index in [1.54, 1.807) is 6.92 Å². The zero-order valence-corrected chi connectivity index (χ0v) is 9.02. The zero-order valence-electron chi connectivity index (χ0n) is 7.02. The average molecular weight is 152 g/mol. The van der Waals surface area contributed by atoms with Crippen molar-refractivity contribution in [2.24, 2.45) is 5.92 Å². The monoisotopic (exact) mass is 152 g/mol. The summed E-state index contributed by atoms with van der Waals surface area (Å²) in [6, 6.07) is 0. The topological polar surface area (TPSA) is 40.1 Å². The first kappa shape index (κ1) is 13.1. The molecule has 0 saturated heterocycles. The van der Waals surface area contributed by atoms with E-state index in [4.69, 9.17) is 0 Å². The third-order valence-corrected chi connectivity index (χ3v) is 1.39. The molecular formula is C7H13NaO2. The first-order valence-electron chi connectivity index (χ1n) is 3.39. The van der Waals surface area contributed by atoms with Crippen molar-refractivity contribution in [1.29, 1.82) is 0 Å². The van der Waals surface area contributed by atoms with Gasteiger partial charge in [0.15, 0.2) is 0 Å². The standard InChI is InChI=1S/C7H14O2.Na/c1-3-4-5-6(2)7(8)9;/h6H,3-5H2,1-2H3,(H,8,9);/q;+1/p-1/t6-;/m0./s1. The van der Waals surface area contributed by atoms with Crippen LogP contribution in [0.5, 0.6) is 0 Å². The van der Waals surface area contributed by atoms with Crippen molar-refractivity contribution in [1.82, 2.24) is 0 Å². The van der Waals surface area contributed by atoms with E-state index in [9.17, 15) is 9.90 Å². The Morgan fingerprint density at radius 3 is 2.40 bits per heavy atom. The molecule has 0 aromatic carbocycles. The predicted molar refractivity (Wildman–Crippen MR) is 33.7 cm³/mol. The Labute approximate surface area is 84.3 Å². The van der Waals surface area contributed by atoms with E-state index in [2.05, 4.69) is 0 Å². The third-order valence-electron chi connectivity index (χ3n) is 1.39. The van der Waals surface area contributed by atoms with Crippen LogP contribution in [0.4, 0.5) is 0 Å². The van der Waals surface area contributed by atoms with Gasteiger partial charge in [-0.25, -0.2) is 0 Å². The van der Waals surface area contributed by atoms with Gasteiger partial charge in [-0.15, -0.1) is 0 Å². The first-order chi connectivity index (χ1) is 4.18. The Bertz CT molecular complexity index is 93.6. The fourth-order valence-corrected chi connectivity index (χ4v) is 0.628. The van der Waals surface area contributed by atoms with E-state index in [0.29, 0.717) is 0 Å². The molecule has 10 heavy (non-hydrogen) atoms. The van der Waals surface area contributed by atoms with Crippen molar-refractivity contribution in [3.05, 3.63) is 0 Å². The van der Waals surface area contributed by atoms with Crippen LogP contribution < -0.4 is 34.7 Å². The van der Waals surface area contributed by atoms with Gasteiger partial charge in [-0.2, -0.15) is 0 Å². The number of carbonyl (C=O) groups excluding carboxylic acids is 1. The number of carboxylic acids is 1. The Balaban J connectivity index is 0. The van der Waals surface area contributed by atoms with Gasteiger partial charge in [-0.3, -0.25) is 0 Å². The molecule has 3 heteroatoms. The molecule has 0 N–H and O–H groups in total. The van der Waals surface area contributed by atoms with Gasteiger partial charge in [0.25, 0.3) is 0 Å². The number of carboxylic acid groups (broad SMARTS) is 1. The molecule has 0 fully saturated rings. The summed E-state index contributed by atoms with van der Waals surface area (Å²) in [5.41, 5.74) is 0. The van der Waals surface area contributed by atoms with Crippen LogP contribution in [0.1, 0.15) is 33.1 Å². The molecule has 0 aliphatic carbocycles. The number of aliphatic carboxylic acids is 1. The van der Waals surface area contributed by atoms with Crippen LogP contribution in [0.25, 0.3) is 0 Å². The molecule has 0 heterocycles. The minimum atomic E-state index is -0.927. The van der Waals surface area contributed by atoms with E-state index >= 15 is 0 Å². The molecular weight excluding hydrogens is 139 g/mol. The Morgan fingerprint density at radius 1 is 1.60 bits per heavy atom. The van der Waals surface area contributed by atoms with Gasteiger partial charge < -0.3 is 9.90 Å². The van der Waals surface area contributed by atoms with Gasteiger partial charge in [0.1, 0.15) is 0 Å². The summed E-state index contributed by atoms with van der Waals surface area (Å²) in [4.78, 5) is 10.1. The minimum absolute atomic E-state index is 0. The van der Waals surface area contributed by atoms with Crippen LogP contribution in [0, 0.1) is 5.92 Å². The van der Waals surface area contributed by atoms with Gasteiger partial charge in [0.05, 0.1) is 0 Å². The molecule has 0 saturated carbocycles. The van der Waals surface area contributed by atoms with Crippen molar-refractivity contribution < 1.29 is 39.5 Å². The fraction of sp³-hybridized carbons (Fsp3) is 0.857. The molecule has 2 nitrogen and oxygen atoms in total. The van der Waals surface area contributed by atoms with Crippen LogP contribution in [-0.4, -0.2) is 5.97 Å². The Hall–Kier alpha value is 0.470. The molecule has 1 atom stereocenters. The maximum absolute atomic E-state index is 10.1. The smallest absolute Gasteiger partial charge is 0.550 e. The predicted octanol–water partition coefficient (Wildman–Crippen LogP) is -2.43. The number of unbranched alkanes of at least 4 members (excludes halogenated alkanes) is 1. The van der Waals surface area contributed by atoms with Crippen LogP contribution in [-0.2, 0) is 4.79 Å². The third kappa shape index (κ3) is 6.59. The summed E-state index contributed by atoms with van der Waals surface area (Å²) >= 11 is 0. The summed E-state index contributed by atoms with van der Waals surface area (Å²) in [6.45, 7) is 3.73. The van der Waals surface area contributed by atoms with Crippen LogP contribution >= 0.6 is 0 Å². The second-order valence-corrected chi connectivity index (χ2v) is 2.36. The van der Waals surface area contributed by atoms with Crippen molar-refractivity contribution in [2.45, 2.75) is 33.1 Å². The molecule has 0 aromatic heterocycles. The van der Waals surface area contributed by atoms with Gasteiger partial charge in [0, 0.05) is 5.97 Å². The fourth-order valence-electron chi connectivity index (χ4n) is 0.628. The van der Waals surface area contributed by atoms with Crippen molar-refractivity contribution >= 4 is 5.97 Å². The SMILES string of the molecule is CCCC[C@H](C)C(=O)[O-].[Na+]. The van der Waals surface area contributed by atoms with E-state index in [1.165, 1.54) is 0 Å². The van der Waals surface area contributed by atoms with Gasteiger partial charge in [-0.05, 0) is 12.3 Å². The van der Waals surface area contributed by atoms with Crippen LogP contribution in [0.3, 0.4) is 0 Å². The summed E-state index contributed by atoms with van der Waals surface area (Å²) in [5, 5.41) is 10.1. The maximum atomic E-state index is 10.1. The molecule has 0 spiro atoms. The molecule has 0 aliphatic rings. The number of hydrogen-bond donors (Lipinski definition) is 0. The van der Waals surface area contributed by atoms with Crippen molar-refractivity contribution in [3.8, 4) is 0 Å². The van der Waals surface area contributed by atoms with Crippen LogP contribution in [0.2, 0.25) is 0 Å². The summed E-state index contributed by atoms with van der Waals surface area (Å²) < 4.78 is 0. The largest absolute Gasteiger partial charge is 1.00 e. The summed E-state index contributed by atoms with van der Waals surface area (Å²) in [6.07, 6.45) is 2.78. The van der Waals surface area contributed by atoms with Gasteiger partial charge in [0.2, 0.25) is 0 Å². The van der Waals surface area contributed by atoms with E-state index in [1.807, 2.05) is 6.92 Å². The first-order valence-corrected chi connectivity index (χ1v) is 3.39. The van der Waals surface area contributed by atoms with Gasteiger partial charge >= 0.3 is 29.6 Å². The average Bonchev–Trinajstić information content (AvgIpc) is 1.82. The Morgan fingerprint density at radius 2 is 2.10 bits per heavy atom. The number of rotatable bonds is 4.